The van der Waals surface area contributed by atoms with Crippen LogP contribution in [0.3, 0.4) is 0 Å². The number of nitrogens with zero attached hydrogens (tertiary/aromatic N) is 1. The van der Waals surface area contributed by atoms with E-state index in [9.17, 15) is 0 Å². The molecule has 2 heteroatoms. The Balaban J connectivity index is 1.45. The molecule has 0 fully saturated rings. The van der Waals surface area contributed by atoms with E-state index in [1.807, 2.05) is 42.5 Å². The summed E-state index contributed by atoms with van der Waals surface area (Å²) in [6.45, 7) is 0. The number of hydrogen-bond donors (Lipinski definition) is 0. The maximum atomic E-state index is 8.85. The highest BCUT2D eigenvalue weighted by atomic mass is 32.1. The van der Waals surface area contributed by atoms with Crippen molar-refractivity contribution < 1.29 is 20.6 Å². The molecule has 0 aliphatic rings. The lowest BCUT2D eigenvalue weighted by molar-refractivity contribution is 1.29. The zero-order valence-corrected chi connectivity index (χ0v) is 23.8. The number of hydrogen-bond acceptors (Lipinski definition) is 2. The predicted molar refractivity (Wildman–Crippen MR) is 190 cm³/mol. The van der Waals surface area contributed by atoms with Crippen molar-refractivity contribution in [3.63, 3.8) is 0 Å². The van der Waals surface area contributed by atoms with Gasteiger partial charge in [-0.3, -0.25) is 0 Å². The number of benzene rings is 7. The second-order valence-electron chi connectivity index (χ2n) is 9.93. The summed E-state index contributed by atoms with van der Waals surface area (Å²) in [7, 11) is 0. The van der Waals surface area contributed by atoms with E-state index in [-0.39, 0.29) is 39.9 Å². The van der Waals surface area contributed by atoms with Crippen LogP contribution in [0.25, 0.3) is 53.6 Å². The smallest absolute Gasteiger partial charge is 0.0629 e. The molecule has 8 aromatic rings. The molecule has 0 unspecified atom stereocenters. The molecule has 0 amide bonds. The first-order valence-electron chi connectivity index (χ1n) is 21.2. The summed E-state index contributed by atoms with van der Waals surface area (Å²) in [5.41, 5.74) is 1.67. The quantitative estimate of drug-likeness (QED) is 0.185. The SMILES string of the molecule is [2H]c1c([2H])c([2H])c(-c2ccc(N(c3cc(-c4c([2H])c([2H])c([2H])c([2H])c4[2H])cc(-c4c([2H])c([2H])c([2H])c([2H])c4[2H])c3)c3ccc4sc5ccccc5c4c3)cc2)c([2H])c1[2H]. The topological polar surface area (TPSA) is 3.24 Å². The standard InChI is InChI=1S/C42H29NS/c1-4-12-30(13-5-1)33-20-22-36(23-21-33)43(37-24-25-42-40(29-37)39-18-10-11-19-41(39)44-42)38-27-34(31-14-6-2-7-15-31)26-35(28-38)32-16-8-3-9-17-32/h1-29H/i1D,2D,3D,4D,5D,6D,7D,8D,9D,12D,13D,14D,15D,16D,17D. The fourth-order valence-electron chi connectivity index (χ4n) is 5.29. The maximum absolute atomic E-state index is 8.85. The Morgan fingerprint density at radius 2 is 0.909 bits per heavy atom. The van der Waals surface area contributed by atoms with Crippen LogP contribution in [0, 0.1) is 0 Å². The predicted octanol–water partition coefficient (Wildman–Crippen LogP) is 12.5. The van der Waals surface area contributed by atoms with Gasteiger partial charge in [0.2, 0.25) is 0 Å². The Kier molecular flexibility index (Phi) is 3.82. The van der Waals surface area contributed by atoms with Crippen molar-refractivity contribution in [3.05, 3.63) is 176 Å². The third kappa shape index (κ3) is 4.96. The highest BCUT2D eigenvalue weighted by Gasteiger charge is 2.17. The van der Waals surface area contributed by atoms with Gasteiger partial charge in [0.05, 0.1) is 20.6 Å². The van der Waals surface area contributed by atoms with E-state index >= 15 is 0 Å². The van der Waals surface area contributed by atoms with Crippen LogP contribution >= 0.6 is 11.3 Å². The molecule has 7 aromatic carbocycles. The van der Waals surface area contributed by atoms with Gasteiger partial charge in [0.15, 0.2) is 0 Å². The van der Waals surface area contributed by atoms with Crippen molar-refractivity contribution in [3.8, 4) is 33.4 Å². The minimum atomic E-state index is -0.595. The van der Waals surface area contributed by atoms with Crippen LogP contribution in [-0.4, -0.2) is 0 Å². The first-order chi connectivity index (χ1) is 28.0. The highest BCUT2D eigenvalue weighted by Crippen LogP contribution is 2.43. The molecule has 8 rings (SSSR count). The van der Waals surface area contributed by atoms with Crippen LogP contribution in [0.15, 0.2) is 176 Å². The molecular weight excluding hydrogens is 551 g/mol. The number of rotatable bonds is 6. The number of anilines is 3. The number of fused-ring (bicyclic) bond motifs is 3. The second kappa shape index (κ2) is 11.3. The molecule has 0 atom stereocenters. The molecule has 0 spiro atoms. The fourth-order valence-corrected chi connectivity index (χ4v) is 6.38. The summed E-state index contributed by atoms with van der Waals surface area (Å²) in [6.07, 6.45) is 0. The summed E-state index contributed by atoms with van der Waals surface area (Å²) in [5.74, 6) is 0. The molecule has 1 aromatic heterocycles. The van der Waals surface area contributed by atoms with Crippen molar-refractivity contribution in [1.82, 2.24) is 0 Å². The van der Waals surface area contributed by atoms with Crippen LogP contribution in [0.4, 0.5) is 17.1 Å². The fraction of sp³-hybridized carbons (Fsp3) is 0. The van der Waals surface area contributed by atoms with Gasteiger partial charge in [0, 0.05) is 37.2 Å². The monoisotopic (exact) mass is 594 g/mol. The Morgan fingerprint density at radius 1 is 0.386 bits per heavy atom. The third-order valence-electron chi connectivity index (χ3n) is 7.29. The van der Waals surface area contributed by atoms with E-state index in [1.165, 1.54) is 6.07 Å². The maximum Gasteiger partial charge on any atom is 0.0629 e. The van der Waals surface area contributed by atoms with E-state index in [1.54, 1.807) is 52.6 Å². The van der Waals surface area contributed by atoms with E-state index in [2.05, 4.69) is 0 Å². The van der Waals surface area contributed by atoms with Crippen LogP contribution < -0.4 is 4.90 Å². The Morgan fingerprint density at radius 3 is 1.52 bits per heavy atom. The van der Waals surface area contributed by atoms with Gasteiger partial charge in [-0.05, 0) is 88.0 Å². The molecule has 1 nitrogen and oxygen atoms in total. The van der Waals surface area contributed by atoms with Gasteiger partial charge in [-0.25, -0.2) is 0 Å². The van der Waals surface area contributed by atoms with E-state index in [0.29, 0.717) is 22.6 Å². The Labute approximate surface area is 283 Å². The molecule has 0 bridgehead atoms. The van der Waals surface area contributed by atoms with Crippen molar-refractivity contribution in [2.75, 3.05) is 4.90 Å². The Bertz CT molecular complexity index is 2900. The van der Waals surface area contributed by atoms with Gasteiger partial charge in [0.1, 0.15) is 0 Å². The Hall–Kier alpha value is -5.44. The molecule has 0 aliphatic carbocycles. The van der Waals surface area contributed by atoms with Gasteiger partial charge in [-0.15, -0.1) is 11.3 Å². The lowest BCUT2D eigenvalue weighted by Crippen LogP contribution is -2.10. The molecule has 1 heterocycles. The highest BCUT2D eigenvalue weighted by molar-refractivity contribution is 7.25. The molecule has 0 radical (unpaired) electrons. The summed E-state index contributed by atoms with van der Waals surface area (Å²) < 4.78 is 129. The molecule has 0 aliphatic heterocycles. The summed E-state index contributed by atoms with van der Waals surface area (Å²) in [5, 5.41) is 1.93. The zero-order valence-electron chi connectivity index (χ0n) is 37.9. The van der Waals surface area contributed by atoms with E-state index in [0.717, 1.165) is 20.2 Å². The van der Waals surface area contributed by atoms with Crippen molar-refractivity contribution in [2.45, 2.75) is 0 Å². The van der Waals surface area contributed by atoms with Gasteiger partial charge < -0.3 is 4.90 Å². The first kappa shape index (κ1) is 14.8. The number of thiophene rings is 1. The van der Waals surface area contributed by atoms with E-state index in [4.69, 9.17) is 20.6 Å². The largest absolute Gasteiger partial charge is 0.310 e. The normalized spacial score (nSPS) is 16.0. The third-order valence-corrected chi connectivity index (χ3v) is 8.44. The summed E-state index contributed by atoms with van der Waals surface area (Å²) in [4.78, 5) is 1.80. The average molecular weight is 595 g/mol. The molecule has 0 saturated heterocycles. The second-order valence-corrected chi connectivity index (χ2v) is 11.0. The van der Waals surface area contributed by atoms with Crippen LogP contribution in [0.1, 0.15) is 20.6 Å². The van der Waals surface area contributed by atoms with Crippen molar-refractivity contribution >= 4 is 48.6 Å². The van der Waals surface area contributed by atoms with Crippen LogP contribution in [-0.2, 0) is 0 Å². The zero-order chi connectivity index (χ0) is 42.3. The molecule has 0 N–H and O–H groups in total. The molecule has 208 valence electrons. The van der Waals surface area contributed by atoms with Gasteiger partial charge in [0.25, 0.3) is 0 Å². The lowest BCUT2D eigenvalue weighted by atomic mass is 9.97. The van der Waals surface area contributed by atoms with E-state index < -0.39 is 78.6 Å². The minimum absolute atomic E-state index is 0.00641. The van der Waals surface area contributed by atoms with Gasteiger partial charge in [-0.2, -0.15) is 0 Å². The lowest BCUT2D eigenvalue weighted by Gasteiger charge is -2.27. The average Bonchev–Trinajstić information content (AvgIpc) is 3.61. The molecular formula is C42H29NS. The minimum Gasteiger partial charge on any atom is -0.310 e. The summed E-state index contributed by atoms with van der Waals surface area (Å²) in [6, 6.07) is 17.3. The summed E-state index contributed by atoms with van der Waals surface area (Å²) >= 11 is 1.61. The van der Waals surface area contributed by atoms with Crippen molar-refractivity contribution in [1.29, 1.82) is 0 Å². The molecule has 0 saturated carbocycles. The van der Waals surface area contributed by atoms with Gasteiger partial charge in [-0.1, -0.05) is 121 Å². The van der Waals surface area contributed by atoms with Crippen LogP contribution in [0.5, 0.6) is 0 Å². The van der Waals surface area contributed by atoms with Gasteiger partial charge >= 0.3 is 0 Å². The van der Waals surface area contributed by atoms with Crippen molar-refractivity contribution in [2.24, 2.45) is 0 Å². The van der Waals surface area contributed by atoms with Crippen LogP contribution in [0.2, 0.25) is 0 Å². The molecule has 44 heavy (non-hydrogen) atoms. The first-order valence-corrected chi connectivity index (χ1v) is 14.5.